The fourth-order valence-corrected chi connectivity index (χ4v) is 2.71. The van der Waals surface area contributed by atoms with Gasteiger partial charge in [-0.15, -0.1) is 24.2 Å². The van der Waals surface area contributed by atoms with Crippen LogP contribution in [0.3, 0.4) is 0 Å². The van der Waals surface area contributed by atoms with Crippen LogP contribution in [0.1, 0.15) is 33.6 Å². The summed E-state index contributed by atoms with van der Waals surface area (Å²) in [5.74, 6) is 0.836. The van der Waals surface area contributed by atoms with Crippen LogP contribution in [-0.2, 0) is 4.79 Å². The van der Waals surface area contributed by atoms with E-state index in [-0.39, 0.29) is 29.1 Å². The Hall–Kier alpha value is -0.910. The minimum atomic E-state index is -0.305. The first kappa shape index (κ1) is 21.1. The van der Waals surface area contributed by atoms with Gasteiger partial charge >= 0.3 is 0 Å². The van der Waals surface area contributed by atoms with Gasteiger partial charge in [0.05, 0.1) is 12.4 Å². The summed E-state index contributed by atoms with van der Waals surface area (Å²) in [5.41, 5.74) is 5.89. The molecule has 126 valence electrons. The number of benzene rings is 1. The predicted molar refractivity (Wildman–Crippen MR) is 96.1 cm³/mol. The lowest BCUT2D eigenvalue weighted by Crippen LogP contribution is -2.50. The van der Waals surface area contributed by atoms with Crippen LogP contribution in [-0.4, -0.2) is 30.4 Å². The van der Waals surface area contributed by atoms with Crippen LogP contribution in [0.25, 0.3) is 0 Å². The van der Waals surface area contributed by atoms with Gasteiger partial charge in [0, 0.05) is 17.0 Å². The highest BCUT2D eigenvalue weighted by atomic mass is 35.5. The van der Waals surface area contributed by atoms with Crippen molar-refractivity contribution < 1.29 is 9.53 Å². The van der Waals surface area contributed by atoms with E-state index in [1.165, 1.54) is 11.8 Å². The molecule has 1 rings (SSSR count). The van der Waals surface area contributed by atoms with Gasteiger partial charge in [0.1, 0.15) is 5.75 Å². The van der Waals surface area contributed by atoms with E-state index in [1.807, 2.05) is 45.0 Å². The average molecular weight is 347 g/mol. The number of hydrogen-bond donors (Lipinski definition) is 2. The Bertz CT molecular complexity index is 450. The number of nitrogens with one attached hydrogen (secondary N) is 1. The molecule has 0 aliphatic rings. The van der Waals surface area contributed by atoms with E-state index in [4.69, 9.17) is 10.5 Å². The Labute approximate surface area is 144 Å². The number of carbonyl (C=O) groups excluding carboxylic acids is 1. The normalized spacial score (nSPS) is 12.2. The first-order valence-corrected chi connectivity index (χ1v) is 8.19. The van der Waals surface area contributed by atoms with Crippen LogP contribution in [0, 0.1) is 0 Å². The van der Waals surface area contributed by atoms with Crippen LogP contribution in [0.15, 0.2) is 29.2 Å². The highest BCUT2D eigenvalue weighted by molar-refractivity contribution is 8.00. The first-order chi connectivity index (χ1) is 9.94. The van der Waals surface area contributed by atoms with Crippen molar-refractivity contribution in [3.05, 3.63) is 24.3 Å². The molecule has 6 heteroatoms. The average Bonchev–Trinajstić information content (AvgIpc) is 2.52. The van der Waals surface area contributed by atoms with E-state index in [1.54, 1.807) is 7.11 Å². The van der Waals surface area contributed by atoms with Gasteiger partial charge in [-0.2, -0.15) is 0 Å². The molecular formula is C16H27ClN2O2S. The summed E-state index contributed by atoms with van der Waals surface area (Å²) >= 11 is 1.53. The van der Waals surface area contributed by atoms with Crippen molar-refractivity contribution in [1.29, 1.82) is 0 Å². The summed E-state index contributed by atoms with van der Waals surface area (Å²) in [5, 5.41) is 2.80. The molecule has 22 heavy (non-hydrogen) atoms. The van der Waals surface area contributed by atoms with Crippen LogP contribution in [0.2, 0.25) is 0 Å². The zero-order valence-electron chi connectivity index (χ0n) is 13.7. The third kappa shape index (κ3) is 6.46. The lowest BCUT2D eigenvalue weighted by atomic mass is 9.94. The largest absolute Gasteiger partial charge is 0.497 e. The standard InChI is InChI=1S/C16H26N2O2S.ClH/c1-5-16(17,6-2)11-18-15(19)12(3)21-14-9-7-13(20-4)8-10-14;/h7-10,12H,5-6,11,17H2,1-4H3,(H,18,19);1H. The molecule has 3 N–H and O–H groups in total. The molecule has 0 aliphatic heterocycles. The Morgan fingerprint density at radius 1 is 1.32 bits per heavy atom. The second-order valence-electron chi connectivity index (χ2n) is 5.22. The number of carbonyl (C=O) groups is 1. The van der Waals surface area contributed by atoms with E-state index >= 15 is 0 Å². The summed E-state index contributed by atoms with van der Waals surface area (Å²) < 4.78 is 5.12. The molecule has 0 radical (unpaired) electrons. The molecule has 0 aliphatic carbocycles. The van der Waals surface area contributed by atoms with Crippen LogP contribution in [0.4, 0.5) is 0 Å². The molecule has 0 saturated carbocycles. The van der Waals surface area contributed by atoms with Crippen molar-refractivity contribution in [2.24, 2.45) is 5.73 Å². The van der Waals surface area contributed by atoms with E-state index < -0.39 is 0 Å². The maximum absolute atomic E-state index is 12.1. The van der Waals surface area contributed by atoms with Gasteiger partial charge < -0.3 is 15.8 Å². The zero-order chi connectivity index (χ0) is 15.9. The van der Waals surface area contributed by atoms with Crippen molar-refractivity contribution in [3.8, 4) is 5.75 Å². The number of amides is 1. The first-order valence-electron chi connectivity index (χ1n) is 7.31. The molecule has 1 aromatic carbocycles. The Morgan fingerprint density at radius 3 is 2.32 bits per heavy atom. The Morgan fingerprint density at radius 2 is 1.86 bits per heavy atom. The molecule has 0 saturated heterocycles. The van der Waals surface area contributed by atoms with Gasteiger partial charge in [-0.1, -0.05) is 13.8 Å². The van der Waals surface area contributed by atoms with Crippen LogP contribution >= 0.6 is 24.2 Å². The lowest BCUT2D eigenvalue weighted by Gasteiger charge is -2.27. The molecule has 0 aromatic heterocycles. The summed E-state index contributed by atoms with van der Waals surface area (Å²) in [6.07, 6.45) is 1.70. The smallest absolute Gasteiger partial charge is 0.233 e. The molecule has 1 aromatic rings. The maximum atomic E-state index is 12.1. The van der Waals surface area contributed by atoms with E-state index in [9.17, 15) is 4.79 Å². The van der Waals surface area contributed by atoms with Crippen LogP contribution < -0.4 is 15.8 Å². The van der Waals surface area contributed by atoms with Gasteiger partial charge in [0.2, 0.25) is 5.91 Å². The summed E-state index contributed by atoms with van der Waals surface area (Å²) in [4.78, 5) is 13.2. The minimum Gasteiger partial charge on any atom is -0.497 e. The molecule has 1 atom stereocenters. The number of nitrogens with two attached hydrogens (primary N) is 1. The minimum absolute atomic E-state index is 0. The number of thioether (sulfide) groups is 1. The second kappa shape index (κ2) is 9.98. The van der Waals surface area contributed by atoms with Gasteiger partial charge in [0.25, 0.3) is 0 Å². The van der Waals surface area contributed by atoms with Crippen molar-refractivity contribution in [2.45, 2.75) is 49.3 Å². The van der Waals surface area contributed by atoms with Gasteiger partial charge in [-0.3, -0.25) is 4.79 Å². The topological polar surface area (TPSA) is 64.3 Å². The van der Waals surface area contributed by atoms with Gasteiger partial charge in [-0.05, 0) is 44.0 Å². The number of ether oxygens (including phenoxy) is 1. The molecule has 0 fully saturated rings. The highest BCUT2D eigenvalue weighted by Gasteiger charge is 2.22. The van der Waals surface area contributed by atoms with Gasteiger partial charge in [-0.25, -0.2) is 0 Å². The number of hydrogen-bond acceptors (Lipinski definition) is 4. The third-order valence-corrected chi connectivity index (χ3v) is 4.88. The highest BCUT2D eigenvalue weighted by Crippen LogP contribution is 2.25. The lowest BCUT2D eigenvalue weighted by molar-refractivity contribution is -0.120. The van der Waals surface area contributed by atoms with Crippen molar-refractivity contribution >= 4 is 30.1 Å². The third-order valence-electron chi connectivity index (χ3n) is 3.76. The molecule has 0 bridgehead atoms. The van der Waals surface area contributed by atoms with E-state index in [0.717, 1.165) is 23.5 Å². The maximum Gasteiger partial charge on any atom is 0.233 e. The summed E-state index contributed by atoms with van der Waals surface area (Å²) in [6, 6.07) is 7.70. The second-order valence-corrected chi connectivity index (χ2v) is 6.64. The fourth-order valence-electron chi connectivity index (χ4n) is 1.82. The van der Waals surface area contributed by atoms with E-state index in [0.29, 0.717) is 6.54 Å². The quantitative estimate of drug-likeness (QED) is 0.709. The SMILES string of the molecule is CCC(N)(CC)CNC(=O)C(C)Sc1ccc(OC)cc1.Cl. The summed E-state index contributed by atoms with van der Waals surface area (Å²) in [6.45, 7) is 6.52. The fraction of sp³-hybridized carbons (Fsp3) is 0.562. The molecule has 0 spiro atoms. The number of methoxy groups -OCH3 is 1. The van der Waals surface area contributed by atoms with Crippen molar-refractivity contribution in [1.82, 2.24) is 5.32 Å². The van der Waals surface area contributed by atoms with E-state index in [2.05, 4.69) is 5.32 Å². The Kier molecular flexibility index (Phi) is 9.56. The molecule has 0 heterocycles. The Balaban J connectivity index is 0.00000441. The van der Waals surface area contributed by atoms with Crippen LogP contribution in [0.5, 0.6) is 5.75 Å². The summed E-state index contributed by atoms with van der Waals surface area (Å²) in [7, 11) is 1.64. The van der Waals surface area contributed by atoms with Crippen molar-refractivity contribution in [2.75, 3.05) is 13.7 Å². The number of halogens is 1. The zero-order valence-corrected chi connectivity index (χ0v) is 15.4. The van der Waals surface area contributed by atoms with Crippen molar-refractivity contribution in [3.63, 3.8) is 0 Å². The monoisotopic (exact) mass is 346 g/mol. The number of rotatable bonds is 8. The molecule has 1 unspecified atom stereocenters. The predicted octanol–water partition coefficient (Wildman–Crippen LogP) is 3.23. The molecule has 4 nitrogen and oxygen atoms in total. The van der Waals surface area contributed by atoms with Gasteiger partial charge in [0.15, 0.2) is 0 Å². The molecule has 1 amide bonds. The molecular weight excluding hydrogens is 320 g/mol.